The van der Waals surface area contributed by atoms with Crippen LogP contribution in [0.2, 0.25) is 10.3 Å². The molecular weight excluding hydrogens is 297 g/mol. The smallest absolute Gasteiger partial charge is 0.326 e. The summed E-state index contributed by atoms with van der Waals surface area (Å²) in [6.45, 7) is 0. The van der Waals surface area contributed by atoms with Crippen LogP contribution < -0.4 is 11.1 Å². The van der Waals surface area contributed by atoms with Gasteiger partial charge in [0.2, 0.25) is 5.91 Å². The third-order valence-electron chi connectivity index (χ3n) is 2.07. The Morgan fingerprint density at radius 2 is 2.00 bits per heavy atom. The van der Waals surface area contributed by atoms with Gasteiger partial charge in [-0.1, -0.05) is 23.2 Å². The number of halogens is 2. The molecule has 0 aliphatic heterocycles. The van der Waals surface area contributed by atoms with Gasteiger partial charge in [-0.3, -0.25) is 9.59 Å². The molecule has 19 heavy (non-hydrogen) atoms. The number of aromatic nitrogens is 1. The third kappa shape index (κ3) is 4.38. The molecule has 1 unspecified atom stereocenters. The lowest BCUT2D eigenvalue weighted by Crippen LogP contribution is -2.43. The molecule has 0 bridgehead atoms. The van der Waals surface area contributed by atoms with Gasteiger partial charge in [0.25, 0.3) is 5.91 Å². The molecule has 1 aromatic rings. The monoisotopic (exact) mass is 305 g/mol. The molecule has 0 saturated carbocycles. The Balaban J connectivity index is 2.87. The van der Waals surface area contributed by atoms with Gasteiger partial charge in [0.05, 0.1) is 12.0 Å². The maximum absolute atomic E-state index is 11.8. The summed E-state index contributed by atoms with van der Waals surface area (Å²) in [6.07, 6.45) is -0.528. The van der Waals surface area contributed by atoms with Gasteiger partial charge in [-0.05, 0) is 12.1 Å². The highest BCUT2D eigenvalue weighted by Crippen LogP contribution is 2.16. The van der Waals surface area contributed by atoms with Crippen molar-refractivity contribution in [3.05, 3.63) is 28.0 Å². The molecule has 1 rings (SSSR count). The lowest BCUT2D eigenvalue weighted by atomic mass is 10.2. The van der Waals surface area contributed by atoms with Crippen molar-refractivity contribution in [2.75, 3.05) is 0 Å². The highest BCUT2D eigenvalue weighted by Gasteiger charge is 2.24. The van der Waals surface area contributed by atoms with Gasteiger partial charge in [-0.25, -0.2) is 9.78 Å². The van der Waals surface area contributed by atoms with Crippen LogP contribution in [0.15, 0.2) is 12.1 Å². The first-order valence-corrected chi connectivity index (χ1v) is 5.71. The van der Waals surface area contributed by atoms with E-state index in [4.69, 9.17) is 34.0 Å². The molecule has 4 N–H and O–H groups in total. The predicted molar refractivity (Wildman–Crippen MR) is 67.0 cm³/mol. The minimum absolute atomic E-state index is 0.0539. The number of rotatable bonds is 5. The maximum atomic E-state index is 11.8. The molecular formula is C10H9Cl2N3O4. The maximum Gasteiger partial charge on any atom is 0.326 e. The van der Waals surface area contributed by atoms with E-state index in [1.807, 2.05) is 0 Å². The van der Waals surface area contributed by atoms with Crippen molar-refractivity contribution in [2.24, 2.45) is 5.73 Å². The number of carbonyl (C=O) groups excluding carboxylic acids is 2. The lowest BCUT2D eigenvalue weighted by molar-refractivity contribution is -0.140. The number of nitrogens with one attached hydrogen (secondary N) is 1. The van der Waals surface area contributed by atoms with Crippen molar-refractivity contribution < 1.29 is 19.5 Å². The minimum Gasteiger partial charge on any atom is -0.480 e. The Labute approximate surface area is 117 Å². The van der Waals surface area contributed by atoms with E-state index in [2.05, 4.69) is 10.3 Å². The summed E-state index contributed by atoms with van der Waals surface area (Å²) >= 11 is 11.3. The molecule has 1 aromatic heterocycles. The van der Waals surface area contributed by atoms with E-state index in [-0.39, 0.29) is 15.9 Å². The largest absolute Gasteiger partial charge is 0.480 e. The number of primary amides is 1. The predicted octanol–water partition coefficient (Wildman–Crippen LogP) is 0.447. The lowest BCUT2D eigenvalue weighted by Gasteiger charge is -2.13. The second kappa shape index (κ2) is 6.35. The Hall–Kier alpha value is -1.86. The number of amides is 2. The number of carboxylic acid groups (broad SMARTS) is 1. The number of nitrogens with zero attached hydrogens (tertiary/aromatic N) is 1. The normalized spacial score (nSPS) is 11.7. The van der Waals surface area contributed by atoms with Gasteiger partial charge in [-0.2, -0.15) is 0 Å². The fourth-order valence-corrected chi connectivity index (χ4v) is 1.65. The second-order valence-electron chi connectivity index (χ2n) is 3.51. The molecule has 2 amide bonds. The number of carbonyl (C=O) groups is 3. The summed E-state index contributed by atoms with van der Waals surface area (Å²) in [7, 11) is 0. The molecule has 1 heterocycles. The number of nitrogens with two attached hydrogens (primary N) is 1. The first-order chi connectivity index (χ1) is 8.81. The average molecular weight is 306 g/mol. The van der Waals surface area contributed by atoms with Crippen LogP contribution in [0.5, 0.6) is 0 Å². The van der Waals surface area contributed by atoms with Crippen LogP contribution in [0.25, 0.3) is 0 Å². The zero-order valence-corrected chi connectivity index (χ0v) is 10.9. The highest BCUT2D eigenvalue weighted by molar-refractivity contribution is 6.34. The molecule has 0 spiro atoms. The van der Waals surface area contributed by atoms with Crippen molar-refractivity contribution in [3.8, 4) is 0 Å². The van der Waals surface area contributed by atoms with Crippen molar-refractivity contribution in [2.45, 2.75) is 12.5 Å². The number of hydrogen-bond donors (Lipinski definition) is 3. The van der Waals surface area contributed by atoms with E-state index in [1.54, 1.807) is 0 Å². The third-order valence-corrected chi connectivity index (χ3v) is 2.57. The molecule has 9 heteroatoms. The van der Waals surface area contributed by atoms with E-state index in [0.717, 1.165) is 0 Å². The summed E-state index contributed by atoms with van der Waals surface area (Å²) in [4.78, 5) is 37.0. The molecule has 0 radical (unpaired) electrons. The Kier molecular flexibility index (Phi) is 5.08. The summed E-state index contributed by atoms with van der Waals surface area (Å²) < 4.78 is 0. The van der Waals surface area contributed by atoms with Gasteiger partial charge in [0.15, 0.2) is 0 Å². The molecule has 7 nitrogen and oxygen atoms in total. The zero-order valence-electron chi connectivity index (χ0n) is 9.39. The first-order valence-electron chi connectivity index (χ1n) is 4.95. The van der Waals surface area contributed by atoms with Crippen LogP contribution in [0.1, 0.15) is 16.8 Å². The van der Waals surface area contributed by atoms with Gasteiger partial charge in [0, 0.05) is 0 Å². The van der Waals surface area contributed by atoms with Crippen LogP contribution in [-0.2, 0) is 9.59 Å². The van der Waals surface area contributed by atoms with Crippen LogP contribution in [-0.4, -0.2) is 33.9 Å². The number of aliphatic carboxylic acids is 1. The summed E-state index contributed by atoms with van der Waals surface area (Å²) in [5, 5.41) is 10.9. The average Bonchev–Trinajstić information content (AvgIpc) is 2.26. The molecule has 1 atom stereocenters. The SMILES string of the molecule is NC(=O)CC(NC(=O)c1ccc(Cl)nc1Cl)C(=O)O. The second-order valence-corrected chi connectivity index (χ2v) is 4.25. The topological polar surface area (TPSA) is 122 Å². The number of hydrogen-bond acceptors (Lipinski definition) is 4. The van der Waals surface area contributed by atoms with Crippen LogP contribution in [0.4, 0.5) is 0 Å². The Morgan fingerprint density at radius 3 is 2.47 bits per heavy atom. The van der Waals surface area contributed by atoms with Gasteiger partial charge in [0.1, 0.15) is 16.3 Å². The molecule has 102 valence electrons. The van der Waals surface area contributed by atoms with Crippen LogP contribution >= 0.6 is 23.2 Å². The zero-order chi connectivity index (χ0) is 14.6. The highest BCUT2D eigenvalue weighted by atomic mass is 35.5. The molecule has 0 aliphatic carbocycles. The van der Waals surface area contributed by atoms with E-state index in [9.17, 15) is 14.4 Å². The van der Waals surface area contributed by atoms with E-state index >= 15 is 0 Å². The van der Waals surface area contributed by atoms with Crippen molar-refractivity contribution in [3.63, 3.8) is 0 Å². The fraction of sp³-hybridized carbons (Fsp3) is 0.200. The van der Waals surface area contributed by atoms with Gasteiger partial charge in [-0.15, -0.1) is 0 Å². The number of carboxylic acids is 1. The summed E-state index contributed by atoms with van der Waals surface area (Å²) in [5.41, 5.74) is 4.83. The quantitative estimate of drug-likeness (QED) is 0.681. The van der Waals surface area contributed by atoms with E-state index < -0.39 is 30.2 Å². The standard InChI is InChI=1S/C10H9Cl2N3O4/c11-6-2-1-4(8(12)15-6)9(17)14-5(10(18)19)3-7(13)16/h1-2,5H,3H2,(H2,13,16)(H,14,17)(H,18,19). The van der Waals surface area contributed by atoms with Crippen molar-refractivity contribution >= 4 is 41.0 Å². The van der Waals surface area contributed by atoms with Gasteiger partial charge >= 0.3 is 5.97 Å². The molecule has 0 aliphatic rings. The minimum atomic E-state index is -1.43. The summed E-state index contributed by atoms with van der Waals surface area (Å²) in [6, 6.07) is 1.18. The number of pyridine rings is 1. The van der Waals surface area contributed by atoms with Gasteiger partial charge < -0.3 is 16.2 Å². The first kappa shape index (κ1) is 15.2. The van der Waals surface area contributed by atoms with E-state index in [1.165, 1.54) is 12.1 Å². The molecule has 0 fully saturated rings. The van der Waals surface area contributed by atoms with Crippen molar-refractivity contribution in [1.82, 2.24) is 10.3 Å². The molecule has 0 aromatic carbocycles. The summed E-state index contributed by atoms with van der Waals surface area (Å²) in [5.74, 6) is -3.03. The van der Waals surface area contributed by atoms with Crippen LogP contribution in [0, 0.1) is 0 Å². The van der Waals surface area contributed by atoms with Crippen molar-refractivity contribution in [1.29, 1.82) is 0 Å². The Bertz CT molecular complexity index is 536. The van der Waals surface area contributed by atoms with E-state index in [0.29, 0.717) is 0 Å². The Morgan fingerprint density at radius 1 is 1.37 bits per heavy atom. The van der Waals surface area contributed by atoms with Crippen LogP contribution in [0.3, 0.4) is 0 Å². The fourth-order valence-electron chi connectivity index (χ4n) is 1.22. The molecule has 0 saturated heterocycles.